The summed E-state index contributed by atoms with van der Waals surface area (Å²) in [6, 6.07) is 14.4. The molecule has 3 aromatic rings. The average molecular weight is 439 g/mol. The third-order valence-corrected chi connectivity index (χ3v) is 8.43. The number of anilines is 2. The molecule has 0 spiro atoms. The summed E-state index contributed by atoms with van der Waals surface area (Å²) in [5.74, 6) is 0. The lowest BCUT2D eigenvalue weighted by molar-refractivity contribution is -0.382. The Bertz CT molecular complexity index is 1280. The summed E-state index contributed by atoms with van der Waals surface area (Å²) in [5, 5.41) is 11.8. The van der Waals surface area contributed by atoms with E-state index in [-0.39, 0.29) is 12.2 Å². The van der Waals surface area contributed by atoms with E-state index >= 15 is 0 Å². The SMILES string of the molecule is O=[N+]([O-])c1c(N2CCCC(S(=O)(=O)N3CCc4ccccc43)C2)ccc2ncccc12. The van der Waals surface area contributed by atoms with E-state index in [1.807, 2.05) is 29.2 Å². The fraction of sp³-hybridized carbons (Fsp3) is 0.318. The van der Waals surface area contributed by atoms with Crippen LogP contribution in [0.5, 0.6) is 0 Å². The van der Waals surface area contributed by atoms with E-state index in [9.17, 15) is 18.5 Å². The number of nitro groups is 1. The fourth-order valence-electron chi connectivity index (χ4n) is 4.72. The van der Waals surface area contributed by atoms with Crippen molar-refractivity contribution < 1.29 is 13.3 Å². The van der Waals surface area contributed by atoms with Crippen LogP contribution in [0.1, 0.15) is 18.4 Å². The molecule has 3 heterocycles. The van der Waals surface area contributed by atoms with Crippen LogP contribution in [0.25, 0.3) is 10.9 Å². The minimum atomic E-state index is -3.58. The first kappa shape index (κ1) is 19.7. The predicted octanol–water partition coefficient (Wildman–Crippen LogP) is 3.50. The van der Waals surface area contributed by atoms with Gasteiger partial charge < -0.3 is 4.90 Å². The molecule has 1 fully saturated rings. The van der Waals surface area contributed by atoms with Crippen LogP contribution in [-0.4, -0.2) is 43.2 Å². The van der Waals surface area contributed by atoms with E-state index in [0.29, 0.717) is 48.9 Å². The molecular weight excluding hydrogens is 416 g/mol. The Morgan fingerprint density at radius 3 is 2.71 bits per heavy atom. The maximum absolute atomic E-state index is 13.5. The molecule has 0 radical (unpaired) electrons. The number of rotatable bonds is 4. The van der Waals surface area contributed by atoms with E-state index in [0.717, 1.165) is 11.3 Å². The van der Waals surface area contributed by atoms with Crippen molar-refractivity contribution in [3.8, 4) is 0 Å². The van der Waals surface area contributed by atoms with E-state index in [4.69, 9.17) is 0 Å². The quantitative estimate of drug-likeness (QED) is 0.457. The molecule has 0 aliphatic carbocycles. The molecule has 8 nitrogen and oxygen atoms in total. The Morgan fingerprint density at radius 1 is 1.03 bits per heavy atom. The molecule has 0 bridgehead atoms. The van der Waals surface area contributed by atoms with Crippen LogP contribution in [0.4, 0.5) is 17.1 Å². The Balaban J connectivity index is 1.49. The molecule has 5 rings (SSSR count). The lowest BCUT2D eigenvalue weighted by atomic mass is 10.1. The van der Waals surface area contributed by atoms with Crippen molar-refractivity contribution in [2.24, 2.45) is 0 Å². The van der Waals surface area contributed by atoms with Gasteiger partial charge in [-0.1, -0.05) is 18.2 Å². The number of fused-ring (bicyclic) bond motifs is 2. The molecule has 1 unspecified atom stereocenters. The van der Waals surface area contributed by atoms with Crippen molar-refractivity contribution in [1.82, 2.24) is 4.98 Å². The highest BCUT2D eigenvalue weighted by Gasteiger charge is 2.39. The summed E-state index contributed by atoms with van der Waals surface area (Å²) in [4.78, 5) is 17.6. The highest BCUT2D eigenvalue weighted by molar-refractivity contribution is 7.93. The Labute approximate surface area is 180 Å². The smallest absolute Gasteiger partial charge is 0.301 e. The Morgan fingerprint density at radius 2 is 1.87 bits per heavy atom. The normalized spacial score (nSPS) is 18.9. The van der Waals surface area contributed by atoms with E-state index in [2.05, 4.69) is 4.98 Å². The highest BCUT2D eigenvalue weighted by Crippen LogP contribution is 2.38. The number of para-hydroxylation sites is 1. The summed E-state index contributed by atoms with van der Waals surface area (Å²) in [7, 11) is -3.58. The molecule has 31 heavy (non-hydrogen) atoms. The molecule has 1 aromatic heterocycles. The van der Waals surface area contributed by atoms with Crippen LogP contribution in [0.15, 0.2) is 54.7 Å². The first-order valence-corrected chi connectivity index (χ1v) is 11.8. The number of pyridine rings is 1. The third-order valence-electron chi connectivity index (χ3n) is 6.21. The molecule has 2 aromatic carbocycles. The van der Waals surface area contributed by atoms with Crippen molar-refractivity contribution in [3.05, 3.63) is 70.4 Å². The number of benzene rings is 2. The van der Waals surface area contributed by atoms with Crippen LogP contribution >= 0.6 is 0 Å². The topological polar surface area (TPSA) is 96.7 Å². The molecule has 0 amide bonds. The van der Waals surface area contributed by atoms with Gasteiger partial charge in [0, 0.05) is 25.8 Å². The number of nitrogens with zero attached hydrogens (tertiary/aromatic N) is 4. The van der Waals surface area contributed by atoms with Gasteiger partial charge in [-0.25, -0.2) is 8.42 Å². The van der Waals surface area contributed by atoms with Crippen molar-refractivity contribution in [3.63, 3.8) is 0 Å². The standard InChI is InChI=1S/C22H22N4O4S/c27-26(28)22-18-7-3-12-23-19(18)9-10-21(22)24-13-4-6-17(15-24)31(29,30)25-14-11-16-5-1-2-8-20(16)25/h1-3,5,7-10,12,17H,4,6,11,13-15H2. The maximum atomic E-state index is 13.5. The molecular formula is C22H22N4O4S. The van der Waals surface area contributed by atoms with Crippen molar-refractivity contribution in [2.45, 2.75) is 24.5 Å². The van der Waals surface area contributed by atoms with Gasteiger partial charge in [0.05, 0.1) is 26.8 Å². The predicted molar refractivity (Wildman–Crippen MR) is 120 cm³/mol. The van der Waals surface area contributed by atoms with Crippen LogP contribution in [-0.2, 0) is 16.4 Å². The Hall–Kier alpha value is -3.20. The summed E-state index contributed by atoms with van der Waals surface area (Å²) in [6.07, 6.45) is 3.50. The number of nitro benzene ring substituents is 1. The number of piperidine rings is 1. The second-order valence-corrected chi connectivity index (χ2v) is 10.1. The van der Waals surface area contributed by atoms with Crippen molar-refractivity contribution >= 4 is 38.0 Å². The zero-order valence-corrected chi connectivity index (χ0v) is 17.7. The number of aromatic nitrogens is 1. The van der Waals surface area contributed by atoms with Gasteiger partial charge in [-0.15, -0.1) is 0 Å². The van der Waals surface area contributed by atoms with Crippen LogP contribution in [0, 0.1) is 10.1 Å². The molecule has 0 N–H and O–H groups in total. The summed E-state index contributed by atoms with van der Waals surface area (Å²) in [5.41, 5.74) is 2.77. The van der Waals surface area contributed by atoms with Gasteiger partial charge in [0.25, 0.3) is 0 Å². The lowest BCUT2D eigenvalue weighted by Gasteiger charge is -2.36. The van der Waals surface area contributed by atoms with E-state index in [1.165, 1.54) is 4.31 Å². The van der Waals surface area contributed by atoms with Crippen molar-refractivity contribution in [2.75, 3.05) is 28.8 Å². The fourth-order valence-corrected chi connectivity index (χ4v) is 6.72. The number of sulfonamides is 1. The number of hydrogen-bond donors (Lipinski definition) is 0. The zero-order chi connectivity index (χ0) is 21.6. The Kier molecular flexibility index (Phi) is 4.77. The molecule has 1 saturated heterocycles. The average Bonchev–Trinajstić information content (AvgIpc) is 3.23. The highest BCUT2D eigenvalue weighted by atomic mass is 32.2. The van der Waals surface area contributed by atoms with Gasteiger partial charge in [-0.05, 0) is 55.2 Å². The first-order chi connectivity index (χ1) is 15.0. The van der Waals surface area contributed by atoms with Gasteiger partial charge in [0.1, 0.15) is 5.69 Å². The van der Waals surface area contributed by atoms with Crippen LogP contribution in [0.2, 0.25) is 0 Å². The summed E-state index contributed by atoms with van der Waals surface area (Å²) < 4.78 is 28.6. The second-order valence-electron chi connectivity index (χ2n) is 7.97. The maximum Gasteiger partial charge on any atom is 0.301 e. The van der Waals surface area contributed by atoms with Gasteiger partial charge in [0.2, 0.25) is 10.0 Å². The molecule has 0 saturated carbocycles. The zero-order valence-electron chi connectivity index (χ0n) is 16.8. The van der Waals surface area contributed by atoms with E-state index in [1.54, 1.807) is 30.5 Å². The van der Waals surface area contributed by atoms with Gasteiger partial charge in [-0.2, -0.15) is 0 Å². The third kappa shape index (κ3) is 3.29. The van der Waals surface area contributed by atoms with Gasteiger partial charge in [-0.3, -0.25) is 19.4 Å². The summed E-state index contributed by atoms with van der Waals surface area (Å²) >= 11 is 0. The number of hydrogen-bond acceptors (Lipinski definition) is 6. The van der Waals surface area contributed by atoms with Crippen LogP contribution < -0.4 is 9.21 Å². The lowest BCUT2D eigenvalue weighted by Crippen LogP contribution is -2.48. The monoisotopic (exact) mass is 438 g/mol. The molecule has 9 heteroatoms. The summed E-state index contributed by atoms with van der Waals surface area (Å²) in [6.45, 7) is 1.25. The minimum Gasteiger partial charge on any atom is -0.365 e. The molecule has 1 atom stereocenters. The van der Waals surface area contributed by atoms with Gasteiger partial charge >= 0.3 is 5.69 Å². The van der Waals surface area contributed by atoms with Crippen molar-refractivity contribution in [1.29, 1.82) is 0 Å². The minimum absolute atomic E-state index is 0.0184. The molecule has 160 valence electrons. The first-order valence-electron chi connectivity index (χ1n) is 10.3. The molecule has 2 aliphatic heterocycles. The van der Waals surface area contributed by atoms with Gasteiger partial charge in [0.15, 0.2) is 0 Å². The molecule has 2 aliphatic rings. The van der Waals surface area contributed by atoms with Crippen LogP contribution in [0.3, 0.4) is 0 Å². The largest absolute Gasteiger partial charge is 0.365 e. The second kappa shape index (κ2) is 7.49. The van der Waals surface area contributed by atoms with E-state index < -0.39 is 20.2 Å².